The standard InChI is InChI=1S/C33H21N5/c1-3-11-22(12-4-1)24-16-9-20-35-33(24)38-27-17-8-7-15-25(27)30-32(38)31-26(21-36-30)29-28(18-10-19-34-29)37(31)23-13-5-2-6-14-23/h1-21H. The number of benzene rings is 3. The number of hydrogen-bond acceptors (Lipinski definition) is 3. The third-order valence-electron chi connectivity index (χ3n) is 7.25. The summed E-state index contributed by atoms with van der Waals surface area (Å²) in [7, 11) is 0. The molecule has 0 fully saturated rings. The molecule has 0 N–H and O–H groups in total. The van der Waals surface area contributed by atoms with Crippen LogP contribution in [0.2, 0.25) is 0 Å². The SMILES string of the molecule is c1ccc(-c2cccnc2-n2c3ccccc3c3ncc4c5ncccc5n(-c5ccccc5)c4c32)cc1. The molecule has 38 heavy (non-hydrogen) atoms. The fraction of sp³-hybridized carbons (Fsp3) is 0. The van der Waals surface area contributed by atoms with E-state index < -0.39 is 0 Å². The van der Waals surface area contributed by atoms with Crippen molar-refractivity contribution in [2.45, 2.75) is 0 Å². The van der Waals surface area contributed by atoms with Gasteiger partial charge in [-0.15, -0.1) is 0 Å². The van der Waals surface area contributed by atoms with E-state index >= 15 is 0 Å². The molecule has 5 aromatic heterocycles. The molecule has 3 aromatic carbocycles. The Bertz CT molecular complexity index is 2120. The molecule has 5 heterocycles. The van der Waals surface area contributed by atoms with Gasteiger partial charge < -0.3 is 4.57 Å². The van der Waals surface area contributed by atoms with Crippen LogP contribution in [0.3, 0.4) is 0 Å². The lowest BCUT2D eigenvalue weighted by atomic mass is 10.1. The summed E-state index contributed by atoms with van der Waals surface area (Å²) in [5, 5.41) is 2.10. The van der Waals surface area contributed by atoms with Gasteiger partial charge in [-0.1, -0.05) is 66.7 Å². The molecule has 8 aromatic rings. The zero-order valence-corrected chi connectivity index (χ0v) is 20.4. The Balaban J connectivity index is 1.63. The van der Waals surface area contributed by atoms with Crippen LogP contribution in [0, 0.1) is 0 Å². The van der Waals surface area contributed by atoms with Crippen molar-refractivity contribution in [1.82, 2.24) is 24.1 Å². The number of nitrogens with zero attached hydrogens (tertiary/aromatic N) is 5. The summed E-state index contributed by atoms with van der Waals surface area (Å²) in [5.74, 6) is 0.872. The van der Waals surface area contributed by atoms with Crippen LogP contribution >= 0.6 is 0 Å². The van der Waals surface area contributed by atoms with Crippen LogP contribution in [-0.4, -0.2) is 24.1 Å². The van der Waals surface area contributed by atoms with Crippen molar-refractivity contribution in [2.75, 3.05) is 0 Å². The highest BCUT2D eigenvalue weighted by Gasteiger charge is 2.23. The molecule has 5 nitrogen and oxygen atoms in total. The number of pyridine rings is 3. The van der Waals surface area contributed by atoms with Gasteiger partial charge in [0.2, 0.25) is 0 Å². The second-order valence-electron chi connectivity index (χ2n) is 9.35. The Hall–Kier alpha value is -5.29. The molecule has 5 heteroatoms. The van der Waals surface area contributed by atoms with Gasteiger partial charge in [-0.3, -0.25) is 14.5 Å². The van der Waals surface area contributed by atoms with Gasteiger partial charge in [-0.05, 0) is 48.0 Å². The van der Waals surface area contributed by atoms with Gasteiger partial charge in [0.1, 0.15) is 5.82 Å². The van der Waals surface area contributed by atoms with Crippen molar-refractivity contribution < 1.29 is 0 Å². The maximum Gasteiger partial charge on any atom is 0.145 e. The topological polar surface area (TPSA) is 48.5 Å². The molecule has 0 saturated carbocycles. The largest absolute Gasteiger partial charge is 0.305 e. The van der Waals surface area contributed by atoms with Crippen molar-refractivity contribution in [3.05, 3.63) is 128 Å². The Morgan fingerprint density at radius 1 is 0.474 bits per heavy atom. The monoisotopic (exact) mass is 487 g/mol. The number of aromatic nitrogens is 5. The van der Waals surface area contributed by atoms with Crippen LogP contribution in [0.5, 0.6) is 0 Å². The molecule has 0 amide bonds. The van der Waals surface area contributed by atoms with E-state index in [4.69, 9.17) is 15.0 Å². The predicted molar refractivity (Wildman–Crippen MR) is 154 cm³/mol. The first kappa shape index (κ1) is 20.9. The average Bonchev–Trinajstić information content (AvgIpc) is 3.51. The van der Waals surface area contributed by atoms with E-state index in [9.17, 15) is 0 Å². The second-order valence-corrected chi connectivity index (χ2v) is 9.35. The quantitative estimate of drug-likeness (QED) is 0.256. The number of para-hydroxylation sites is 2. The number of hydrogen-bond donors (Lipinski definition) is 0. The van der Waals surface area contributed by atoms with E-state index in [1.165, 1.54) is 0 Å². The van der Waals surface area contributed by atoms with E-state index in [0.29, 0.717) is 0 Å². The lowest BCUT2D eigenvalue weighted by Gasteiger charge is -2.14. The van der Waals surface area contributed by atoms with Crippen LogP contribution < -0.4 is 0 Å². The molecule has 0 aliphatic heterocycles. The normalized spacial score (nSPS) is 11.7. The van der Waals surface area contributed by atoms with Gasteiger partial charge in [0.15, 0.2) is 0 Å². The highest BCUT2D eigenvalue weighted by atomic mass is 15.1. The first-order valence-electron chi connectivity index (χ1n) is 12.6. The molecule has 0 saturated heterocycles. The molecule has 0 aliphatic rings. The summed E-state index contributed by atoms with van der Waals surface area (Å²) in [5.41, 5.74) is 9.33. The minimum atomic E-state index is 0.872. The fourth-order valence-corrected chi connectivity index (χ4v) is 5.68. The van der Waals surface area contributed by atoms with E-state index in [0.717, 1.165) is 66.5 Å². The summed E-state index contributed by atoms with van der Waals surface area (Å²) >= 11 is 0. The lowest BCUT2D eigenvalue weighted by Crippen LogP contribution is -2.02. The van der Waals surface area contributed by atoms with Crippen molar-refractivity contribution in [1.29, 1.82) is 0 Å². The first-order valence-corrected chi connectivity index (χ1v) is 12.6. The second kappa shape index (κ2) is 8.11. The summed E-state index contributed by atoms with van der Waals surface area (Å²) in [6.07, 6.45) is 5.69. The van der Waals surface area contributed by atoms with Crippen LogP contribution in [0.4, 0.5) is 0 Å². The molecule has 0 aliphatic carbocycles. The van der Waals surface area contributed by atoms with Gasteiger partial charge in [0.25, 0.3) is 0 Å². The average molecular weight is 488 g/mol. The van der Waals surface area contributed by atoms with Crippen molar-refractivity contribution in [2.24, 2.45) is 0 Å². The van der Waals surface area contributed by atoms with Crippen molar-refractivity contribution in [3.8, 4) is 22.6 Å². The van der Waals surface area contributed by atoms with E-state index in [1.54, 1.807) is 0 Å². The van der Waals surface area contributed by atoms with Crippen molar-refractivity contribution >= 4 is 43.9 Å². The molecular weight excluding hydrogens is 466 g/mol. The third kappa shape index (κ3) is 2.90. The van der Waals surface area contributed by atoms with Crippen LogP contribution in [0.1, 0.15) is 0 Å². The highest BCUT2D eigenvalue weighted by Crippen LogP contribution is 2.40. The molecular formula is C33H21N5. The summed E-state index contributed by atoms with van der Waals surface area (Å²) in [6, 6.07) is 37.6. The Kier molecular flexibility index (Phi) is 4.45. The zero-order valence-electron chi connectivity index (χ0n) is 20.4. The fourth-order valence-electron chi connectivity index (χ4n) is 5.68. The third-order valence-corrected chi connectivity index (χ3v) is 7.25. The zero-order chi connectivity index (χ0) is 25.1. The molecule has 178 valence electrons. The molecule has 0 unspecified atom stereocenters. The van der Waals surface area contributed by atoms with Crippen LogP contribution in [-0.2, 0) is 0 Å². The van der Waals surface area contributed by atoms with Gasteiger partial charge in [0, 0.05) is 40.6 Å². The highest BCUT2D eigenvalue weighted by molar-refractivity contribution is 6.21. The van der Waals surface area contributed by atoms with Crippen LogP contribution in [0.15, 0.2) is 128 Å². The predicted octanol–water partition coefficient (Wildman–Crippen LogP) is 7.73. The smallest absolute Gasteiger partial charge is 0.145 e. The van der Waals surface area contributed by atoms with Gasteiger partial charge in [-0.2, -0.15) is 0 Å². The maximum absolute atomic E-state index is 5.04. The first-order chi connectivity index (χ1) is 18.9. The van der Waals surface area contributed by atoms with Crippen LogP contribution in [0.25, 0.3) is 66.5 Å². The van der Waals surface area contributed by atoms with Gasteiger partial charge >= 0.3 is 0 Å². The number of fused-ring (bicyclic) bond motifs is 7. The molecule has 8 rings (SSSR count). The minimum absolute atomic E-state index is 0.872. The molecule has 0 spiro atoms. The van der Waals surface area contributed by atoms with Gasteiger partial charge in [-0.25, -0.2) is 4.98 Å². The van der Waals surface area contributed by atoms with E-state index in [-0.39, 0.29) is 0 Å². The summed E-state index contributed by atoms with van der Waals surface area (Å²) in [4.78, 5) is 14.8. The lowest BCUT2D eigenvalue weighted by molar-refractivity contribution is 1.08. The summed E-state index contributed by atoms with van der Waals surface area (Å²) in [6.45, 7) is 0. The molecule has 0 bridgehead atoms. The van der Waals surface area contributed by atoms with Gasteiger partial charge in [0.05, 0.1) is 33.1 Å². The Labute approximate surface area is 218 Å². The maximum atomic E-state index is 5.04. The minimum Gasteiger partial charge on any atom is -0.305 e. The Morgan fingerprint density at radius 2 is 1.18 bits per heavy atom. The molecule has 0 atom stereocenters. The summed E-state index contributed by atoms with van der Waals surface area (Å²) < 4.78 is 4.59. The number of rotatable bonds is 3. The Morgan fingerprint density at radius 3 is 2.05 bits per heavy atom. The van der Waals surface area contributed by atoms with E-state index in [2.05, 4.69) is 94.1 Å². The van der Waals surface area contributed by atoms with E-state index in [1.807, 2.05) is 42.9 Å². The van der Waals surface area contributed by atoms with Crippen molar-refractivity contribution in [3.63, 3.8) is 0 Å². The molecule has 0 radical (unpaired) electrons.